The van der Waals surface area contributed by atoms with Crippen LogP contribution >= 0.6 is 0 Å². The van der Waals surface area contributed by atoms with Gasteiger partial charge < -0.3 is 13.8 Å². The Labute approximate surface area is 118 Å². The van der Waals surface area contributed by atoms with Crippen LogP contribution in [0.15, 0.2) is 0 Å². The molecule has 1 unspecified atom stereocenters. The fourth-order valence-corrected chi connectivity index (χ4v) is 0.808. The zero-order valence-electron chi connectivity index (χ0n) is 10.5. The molecule has 0 fully saturated rings. The molecular weight excluding hydrogens is 245 g/mol. The molecule has 0 aromatic rings. The molecule has 85 valence electrons. The second kappa shape index (κ2) is 19.6. The van der Waals surface area contributed by atoms with E-state index in [9.17, 15) is 0 Å². The minimum absolute atomic E-state index is 0. The van der Waals surface area contributed by atoms with Gasteiger partial charge in [0, 0.05) is 32.7 Å². The Morgan fingerprint density at radius 1 is 1.00 bits per heavy atom. The molecule has 1 atom stereocenters. The van der Waals surface area contributed by atoms with Crippen molar-refractivity contribution in [3.05, 3.63) is 13.8 Å². The summed E-state index contributed by atoms with van der Waals surface area (Å²) in [5, 5.41) is 0. The standard InChI is InChI=1S/C7H15.C6H13.Y/c1-3-5-7-6-4-2;1-4-6(3)5-2;/h1,3-7H2,2H3;6H,1,4-5H2,2-3H3;/q2*-1;. The quantitative estimate of drug-likeness (QED) is 0.469. The normalized spacial score (nSPS) is 10.9. The monoisotopic (exact) mass is 273 g/mol. The van der Waals surface area contributed by atoms with Crippen LogP contribution in [0.5, 0.6) is 0 Å². The first-order chi connectivity index (χ1) is 6.22. The molecule has 0 N–H and O–H groups in total. The summed E-state index contributed by atoms with van der Waals surface area (Å²) in [6.07, 6.45) is 8.86. The van der Waals surface area contributed by atoms with E-state index in [1.807, 2.05) is 0 Å². The predicted molar refractivity (Wildman–Crippen MR) is 63.5 cm³/mol. The van der Waals surface area contributed by atoms with Crippen LogP contribution in [-0.4, -0.2) is 0 Å². The van der Waals surface area contributed by atoms with Gasteiger partial charge in [-0.3, -0.25) is 0 Å². The van der Waals surface area contributed by atoms with Crippen molar-refractivity contribution in [2.45, 2.75) is 65.7 Å². The largest absolute Gasteiger partial charge is 0.343 e. The minimum Gasteiger partial charge on any atom is -0.343 e. The summed E-state index contributed by atoms with van der Waals surface area (Å²) in [4.78, 5) is 0. The van der Waals surface area contributed by atoms with Gasteiger partial charge in [-0.05, 0) is 0 Å². The molecule has 0 rings (SSSR count). The average Bonchev–Trinajstić information content (AvgIpc) is 2.18. The van der Waals surface area contributed by atoms with Gasteiger partial charge in [0.15, 0.2) is 0 Å². The molecule has 1 heteroatoms. The van der Waals surface area contributed by atoms with Crippen molar-refractivity contribution >= 4 is 0 Å². The van der Waals surface area contributed by atoms with E-state index < -0.39 is 0 Å². The topological polar surface area (TPSA) is 0 Å². The molecule has 0 heterocycles. The fourth-order valence-electron chi connectivity index (χ4n) is 0.808. The number of hydrogen-bond acceptors (Lipinski definition) is 0. The van der Waals surface area contributed by atoms with Crippen LogP contribution in [0.4, 0.5) is 0 Å². The summed E-state index contributed by atoms with van der Waals surface area (Å²) >= 11 is 0. The van der Waals surface area contributed by atoms with Gasteiger partial charge in [0.05, 0.1) is 0 Å². The first kappa shape index (κ1) is 20.5. The van der Waals surface area contributed by atoms with E-state index in [1.54, 1.807) is 0 Å². The van der Waals surface area contributed by atoms with Crippen LogP contribution in [0.25, 0.3) is 0 Å². The van der Waals surface area contributed by atoms with Crippen molar-refractivity contribution in [3.8, 4) is 0 Å². The van der Waals surface area contributed by atoms with Gasteiger partial charge in [0.25, 0.3) is 0 Å². The van der Waals surface area contributed by atoms with Gasteiger partial charge in [-0.1, -0.05) is 58.8 Å². The SMILES string of the molecule is [CH2-]CC(C)CC.[CH2-]CCCCCC.[Y]. The van der Waals surface area contributed by atoms with E-state index in [4.69, 9.17) is 0 Å². The smallest absolute Gasteiger partial charge is 0 e. The van der Waals surface area contributed by atoms with Crippen LogP contribution < -0.4 is 0 Å². The zero-order valence-corrected chi connectivity index (χ0v) is 13.4. The zero-order chi connectivity index (χ0) is 10.5. The molecule has 0 aromatic heterocycles. The van der Waals surface area contributed by atoms with Gasteiger partial charge >= 0.3 is 0 Å². The molecule has 0 aromatic carbocycles. The third-order valence-corrected chi connectivity index (χ3v) is 2.29. The van der Waals surface area contributed by atoms with Crippen LogP contribution in [0.1, 0.15) is 65.7 Å². The van der Waals surface area contributed by atoms with Crippen molar-refractivity contribution in [1.29, 1.82) is 0 Å². The van der Waals surface area contributed by atoms with Crippen LogP contribution in [-0.2, 0) is 32.7 Å². The molecule has 1 radical (unpaired) electrons. The van der Waals surface area contributed by atoms with Gasteiger partial charge in [-0.2, -0.15) is 12.8 Å². The number of rotatable bonds is 6. The van der Waals surface area contributed by atoms with E-state index in [-0.39, 0.29) is 32.7 Å². The van der Waals surface area contributed by atoms with Crippen LogP contribution in [0.2, 0.25) is 0 Å². The van der Waals surface area contributed by atoms with Crippen molar-refractivity contribution in [2.75, 3.05) is 0 Å². The summed E-state index contributed by atoms with van der Waals surface area (Å²) in [6.45, 7) is 14.1. The first-order valence-corrected chi connectivity index (χ1v) is 5.81. The number of unbranched alkanes of at least 4 members (excludes halogenated alkanes) is 4. The molecule has 0 bridgehead atoms. The van der Waals surface area contributed by atoms with Crippen molar-refractivity contribution in [3.63, 3.8) is 0 Å². The van der Waals surface area contributed by atoms with Crippen molar-refractivity contribution in [1.82, 2.24) is 0 Å². The van der Waals surface area contributed by atoms with Gasteiger partial charge in [0.1, 0.15) is 0 Å². The molecule has 0 saturated heterocycles. The van der Waals surface area contributed by atoms with Gasteiger partial charge in [-0.15, -0.1) is 0 Å². The van der Waals surface area contributed by atoms with E-state index in [0.717, 1.165) is 18.8 Å². The molecule has 0 nitrogen and oxygen atoms in total. The predicted octanol–water partition coefficient (Wildman–Crippen LogP) is 5.05. The molecule has 14 heavy (non-hydrogen) atoms. The summed E-state index contributed by atoms with van der Waals surface area (Å²) in [7, 11) is 0. The molecular formula is C13H28Y-2. The Balaban J connectivity index is -0.000000163. The second-order valence-corrected chi connectivity index (χ2v) is 3.72. The molecule has 0 saturated carbocycles. The van der Waals surface area contributed by atoms with Gasteiger partial charge in [0.2, 0.25) is 0 Å². The second-order valence-electron chi connectivity index (χ2n) is 3.72. The maximum Gasteiger partial charge on any atom is 0 e. The minimum atomic E-state index is 0. The van der Waals surface area contributed by atoms with E-state index >= 15 is 0 Å². The van der Waals surface area contributed by atoms with Crippen LogP contribution in [0, 0.1) is 19.8 Å². The summed E-state index contributed by atoms with van der Waals surface area (Å²) in [5.74, 6) is 0.824. The summed E-state index contributed by atoms with van der Waals surface area (Å²) in [6, 6.07) is 0. The van der Waals surface area contributed by atoms with Crippen LogP contribution in [0.3, 0.4) is 0 Å². The van der Waals surface area contributed by atoms with E-state index in [2.05, 4.69) is 34.6 Å². The van der Waals surface area contributed by atoms with E-state index in [0.29, 0.717) is 0 Å². The summed E-state index contributed by atoms with van der Waals surface area (Å²) < 4.78 is 0. The third kappa shape index (κ3) is 23.2. The molecule has 0 amide bonds. The fraction of sp³-hybridized carbons (Fsp3) is 0.846. The molecule has 0 aliphatic heterocycles. The molecule has 0 aliphatic carbocycles. The molecule has 0 spiro atoms. The maximum atomic E-state index is 3.76. The maximum absolute atomic E-state index is 3.76. The Kier molecular flexibility index (Phi) is 28.8. The van der Waals surface area contributed by atoms with Crippen molar-refractivity contribution < 1.29 is 32.7 Å². The first-order valence-electron chi connectivity index (χ1n) is 5.81. The Hall–Kier alpha value is 1.10. The summed E-state index contributed by atoms with van der Waals surface area (Å²) in [5.41, 5.74) is 0. The Morgan fingerprint density at radius 3 is 1.79 bits per heavy atom. The Morgan fingerprint density at radius 2 is 1.57 bits per heavy atom. The molecule has 0 aliphatic rings. The van der Waals surface area contributed by atoms with Crippen molar-refractivity contribution in [2.24, 2.45) is 5.92 Å². The third-order valence-electron chi connectivity index (χ3n) is 2.29. The van der Waals surface area contributed by atoms with E-state index in [1.165, 1.54) is 32.1 Å². The number of hydrogen-bond donors (Lipinski definition) is 0. The average molecular weight is 273 g/mol. The van der Waals surface area contributed by atoms with Gasteiger partial charge in [-0.25, -0.2) is 0 Å². The Bertz CT molecular complexity index is 63.6.